The Morgan fingerprint density at radius 2 is 1.64 bits per heavy atom. The summed E-state index contributed by atoms with van der Waals surface area (Å²) in [5, 5.41) is 0. The molecule has 2 aromatic carbocycles. The summed E-state index contributed by atoms with van der Waals surface area (Å²) in [5.41, 5.74) is 2.14. The number of carbonyl (C=O) groups is 1. The van der Waals surface area contributed by atoms with E-state index in [-0.39, 0.29) is 30.6 Å². The zero-order chi connectivity index (χ0) is 24.4. The molecule has 8 heteroatoms. The number of carbonyl (C=O) groups excluding carboxylic acids is 1. The van der Waals surface area contributed by atoms with Crippen LogP contribution in [0.3, 0.4) is 0 Å². The van der Waals surface area contributed by atoms with Crippen LogP contribution in [0.2, 0.25) is 0 Å². The Morgan fingerprint density at radius 3 is 2.24 bits per heavy atom. The number of hydrogen-bond donors (Lipinski definition) is 0. The predicted molar refractivity (Wildman–Crippen MR) is 121 cm³/mol. The first kappa shape index (κ1) is 26.0. The lowest BCUT2D eigenvalue weighted by atomic mass is 9.99. The molecule has 0 spiro atoms. The van der Waals surface area contributed by atoms with Crippen LogP contribution in [-0.4, -0.2) is 40.7 Å². The average molecular weight is 462 g/mol. The highest BCUT2D eigenvalue weighted by molar-refractivity contribution is 6.11. The molecular formula is C25H28F2O6. The summed E-state index contributed by atoms with van der Waals surface area (Å²) in [6.45, 7) is 3.76. The molecule has 0 atom stereocenters. The van der Waals surface area contributed by atoms with E-state index in [0.717, 1.165) is 17.7 Å². The molecule has 0 bridgehead atoms. The van der Waals surface area contributed by atoms with Gasteiger partial charge in [0.1, 0.15) is 22.8 Å². The molecule has 0 radical (unpaired) electrons. The molecule has 0 amide bonds. The normalized spacial score (nSPS) is 10.9. The lowest BCUT2D eigenvalue weighted by Crippen LogP contribution is -2.12. The third-order valence-corrected chi connectivity index (χ3v) is 4.51. The van der Waals surface area contributed by atoms with Crippen molar-refractivity contribution in [3.8, 4) is 17.2 Å². The summed E-state index contributed by atoms with van der Waals surface area (Å²) in [6, 6.07) is 4.95. The Balaban J connectivity index is 2.62. The second kappa shape index (κ2) is 12.7. The molecule has 0 saturated carbocycles. The van der Waals surface area contributed by atoms with Gasteiger partial charge in [0, 0.05) is 25.8 Å². The van der Waals surface area contributed by atoms with Crippen molar-refractivity contribution in [1.82, 2.24) is 0 Å². The van der Waals surface area contributed by atoms with Gasteiger partial charge in [0.15, 0.2) is 31.0 Å². The topological polar surface area (TPSA) is 63.2 Å². The summed E-state index contributed by atoms with van der Waals surface area (Å²) in [7, 11) is 4.38. The van der Waals surface area contributed by atoms with Gasteiger partial charge in [-0.3, -0.25) is 4.79 Å². The van der Waals surface area contributed by atoms with E-state index in [1.54, 1.807) is 6.07 Å². The first-order valence-electron chi connectivity index (χ1n) is 10.1. The van der Waals surface area contributed by atoms with Crippen LogP contribution in [0.4, 0.5) is 8.78 Å². The minimum absolute atomic E-state index is 0.0159. The van der Waals surface area contributed by atoms with Gasteiger partial charge in [0.25, 0.3) is 0 Å². The lowest BCUT2D eigenvalue weighted by molar-refractivity contribution is 0.0441. The van der Waals surface area contributed by atoms with Gasteiger partial charge in [-0.2, -0.15) is 0 Å². The molecule has 0 unspecified atom stereocenters. The maximum Gasteiger partial charge on any atom is 0.193 e. The zero-order valence-electron chi connectivity index (χ0n) is 19.4. The largest absolute Gasteiger partial charge is 0.496 e. The minimum Gasteiger partial charge on any atom is -0.496 e. The highest BCUT2D eigenvalue weighted by atomic mass is 19.2. The number of methoxy groups -OCH3 is 3. The number of rotatable bonds is 12. The van der Waals surface area contributed by atoms with Gasteiger partial charge in [-0.05, 0) is 44.0 Å². The Hall–Kier alpha value is -3.23. The molecule has 0 aliphatic heterocycles. The molecule has 0 heterocycles. The molecule has 0 saturated heterocycles. The quantitative estimate of drug-likeness (QED) is 0.184. The summed E-state index contributed by atoms with van der Waals surface area (Å²) in [5.74, 6) is -1.55. The Morgan fingerprint density at radius 1 is 0.939 bits per heavy atom. The van der Waals surface area contributed by atoms with E-state index in [2.05, 4.69) is 0 Å². The van der Waals surface area contributed by atoms with Crippen molar-refractivity contribution < 1.29 is 37.3 Å². The van der Waals surface area contributed by atoms with Crippen LogP contribution < -0.4 is 14.2 Å². The molecule has 0 aromatic heterocycles. The van der Waals surface area contributed by atoms with Gasteiger partial charge in [0.2, 0.25) is 0 Å². The number of benzene rings is 2. The smallest absolute Gasteiger partial charge is 0.193 e. The van der Waals surface area contributed by atoms with Crippen molar-refractivity contribution >= 4 is 11.9 Å². The maximum absolute atomic E-state index is 13.5. The molecule has 178 valence electrons. The molecule has 33 heavy (non-hydrogen) atoms. The molecule has 2 aromatic rings. The van der Waals surface area contributed by atoms with Gasteiger partial charge in [-0.1, -0.05) is 23.8 Å². The van der Waals surface area contributed by atoms with E-state index >= 15 is 0 Å². The minimum atomic E-state index is -1.00. The van der Waals surface area contributed by atoms with E-state index in [1.807, 2.05) is 19.9 Å². The molecule has 0 fully saturated rings. The van der Waals surface area contributed by atoms with Gasteiger partial charge in [-0.25, -0.2) is 8.78 Å². The van der Waals surface area contributed by atoms with E-state index < -0.39 is 17.4 Å². The fourth-order valence-corrected chi connectivity index (χ4v) is 2.95. The summed E-state index contributed by atoms with van der Waals surface area (Å²) >= 11 is 0. The van der Waals surface area contributed by atoms with Crippen LogP contribution in [0.15, 0.2) is 42.0 Å². The van der Waals surface area contributed by atoms with E-state index in [0.29, 0.717) is 23.3 Å². The van der Waals surface area contributed by atoms with Crippen LogP contribution in [-0.2, 0) is 15.9 Å². The van der Waals surface area contributed by atoms with E-state index in [4.69, 9.17) is 23.7 Å². The molecule has 6 nitrogen and oxygen atoms in total. The van der Waals surface area contributed by atoms with Crippen molar-refractivity contribution in [3.63, 3.8) is 0 Å². The second-order valence-electron chi connectivity index (χ2n) is 7.22. The predicted octanol–water partition coefficient (Wildman–Crippen LogP) is 5.34. The van der Waals surface area contributed by atoms with Crippen molar-refractivity contribution in [2.75, 3.05) is 34.9 Å². The van der Waals surface area contributed by atoms with Crippen LogP contribution in [0, 0.1) is 11.6 Å². The first-order chi connectivity index (χ1) is 15.8. The van der Waals surface area contributed by atoms with Crippen LogP contribution in [0.25, 0.3) is 6.08 Å². The zero-order valence-corrected chi connectivity index (χ0v) is 19.4. The Kier molecular flexibility index (Phi) is 10.0. The van der Waals surface area contributed by atoms with Gasteiger partial charge >= 0.3 is 0 Å². The van der Waals surface area contributed by atoms with Crippen molar-refractivity contribution in [1.29, 1.82) is 0 Å². The van der Waals surface area contributed by atoms with Gasteiger partial charge in [-0.15, -0.1) is 0 Å². The van der Waals surface area contributed by atoms with Crippen LogP contribution >= 0.6 is 0 Å². The Labute approximate surface area is 192 Å². The number of allylic oxidation sites excluding steroid dienone is 3. The first-order valence-corrected chi connectivity index (χ1v) is 10.1. The van der Waals surface area contributed by atoms with Gasteiger partial charge in [0.05, 0.1) is 7.11 Å². The highest BCUT2D eigenvalue weighted by Gasteiger charge is 2.25. The second-order valence-corrected chi connectivity index (χ2v) is 7.22. The highest BCUT2D eigenvalue weighted by Crippen LogP contribution is 2.41. The monoisotopic (exact) mass is 462 g/mol. The molecule has 0 aliphatic carbocycles. The van der Waals surface area contributed by atoms with E-state index in [9.17, 15) is 13.6 Å². The molecule has 2 rings (SSSR count). The number of ketones is 1. The molecule has 0 N–H and O–H groups in total. The van der Waals surface area contributed by atoms with Crippen LogP contribution in [0.5, 0.6) is 17.2 Å². The summed E-state index contributed by atoms with van der Waals surface area (Å²) in [6.07, 6.45) is 5.00. The SMILES string of the molecule is COCOc1cc(OC)c(C(=O)C=Cc2ccc(F)c(F)c2)c(OCOC)c1CC=C(C)C. The van der Waals surface area contributed by atoms with Crippen molar-refractivity contribution in [3.05, 3.63) is 70.3 Å². The number of halogens is 2. The standard InChI is InChI=1S/C25H28F2O6/c1-16(2)6-9-18-22(32-14-29-3)13-23(31-5)24(25(18)33-15-30-4)21(28)11-8-17-7-10-19(26)20(27)12-17/h6-8,10-13H,9,14-15H2,1-5H3. The Bertz CT molecular complexity index is 1030. The maximum atomic E-state index is 13.5. The van der Waals surface area contributed by atoms with Gasteiger partial charge < -0.3 is 23.7 Å². The van der Waals surface area contributed by atoms with Crippen LogP contribution in [0.1, 0.15) is 35.3 Å². The fourth-order valence-electron chi connectivity index (χ4n) is 2.95. The van der Waals surface area contributed by atoms with Crippen molar-refractivity contribution in [2.24, 2.45) is 0 Å². The molecular weight excluding hydrogens is 434 g/mol. The average Bonchev–Trinajstić information content (AvgIpc) is 2.80. The third-order valence-electron chi connectivity index (χ3n) is 4.51. The van der Waals surface area contributed by atoms with E-state index in [1.165, 1.54) is 39.5 Å². The fraction of sp³-hybridized carbons (Fsp3) is 0.320. The number of ether oxygens (including phenoxy) is 5. The summed E-state index contributed by atoms with van der Waals surface area (Å²) in [4.78, 5) is 13.2. The third kappa shape index (κ3) is 7.13. The number of hydrogen-bond acceptors (Lipinski definition) is 6. The molecule has 0 aliphatic rings. The lowest BCUT2D eigenvalue weighted by Gasteiger charge is -2.20. The summed E-state index contributed by atoms with van der Waals surface area (Å²) < 4.78 is 53.8. The van der Waals surface area contributed by atoms with Crippen molar-refractivity contribution in [2.45, 2.75) is 20.3 Å².